The van der Waals surface area contributed by atoms with Crippen LogP contribution in [0.1, 0.15) is 30.9 Å². The Morgan fingerprint density at radius 3 is 2.48 bits per heavy atom. The summed E-state index contributed by atoms with van der Waals surface area (Å²) >= 11 is 6.16. The first kappa shape index (κ1) is 29.0. The topological polar surface area (TPSA) is 103 Å². The summed E-state index contributed by atoms with van der Waals surface area (Å²) in [7, 11) is 3.16. The highest BCUT2D eigenvalue weighted by Gasteiger charge is 2.21. The lowest BCUT2D eigenvalue weighted by molar-refractivity contribution is -0.136. The fraction of sp³-hybridized carbons (Fsp3) is 0.290. The van der Waals surface area contributed by atoms with Crippen LogP contribution in [0.5, 0.6) is 17.2 Å². The first-order valence-electron chi connectivity index (χ1n) is 13.0. The Hall–Kier alpha value is -4.01. The summed E-state index contributed by atoms with van der Waals surface area (Å²) < 4.78 is 19.2. The number of hydrogen-bond donors (Lipinski definition) is 2. The Bertz CT molecular complexity index is 1470. The Morgan fingerprint density at radius 2 is 1.77 bits per heavy atom. The largest absolute Gasteiger partial charge is 0.493 e. The van der Waals surface area contributed by atoms with Gasteiger partial charge < -0.3 is 24.4 Å². The Morgan fingerprint density at radius 1 is 0.975 bits per heavy atom. The van der Waals surface area contributed by atoms with E-state index in [-0.39, 0.29) is 19.6 Å². The molecule has 0 radical (unpaired) electrons. The zero-order chi connectivity index (χ0) is 28.6. The van der Waals surface area contributed by atoms with Gasteiger partial charge in [0.25, 0.3) is 0 Å². The van der Waals surface area contributed by atoms with Crippen molar-refractivity contribution < 1.29 is 29.2 Å². The van der Waals surface area contributed by atoms with E-state index in [9.17, 15) is 15.0 Å². The number of methoxy groups -OCH3 is 2. The zero-order valence-corrected chi connectivity index (χ0v) is 23.5. The second-order valence-electron chi connectivity index (χ2n) is 9.34. The third-order valence-corrected chi connectivity index (χ3v) is 6.78. The monoisotopic (exact) mass is 564 g/mol. The first-order valence-corrected chi connectivity index (χ1v) is 13.4. The van der Waals surface area contributed by atoms with Crippen LogP contribution in [-0.2, 0) is 24.4 Å². The predicted molar refractivity (Wildman–Crippen MR) is 154 cm³/mol. The fourth-order valence-corrected chi connectivity index (χ4v) is 4.63. The number of benzene rings is 3. The summed E-state index contributed by atoms with van der Waals surface area (Å²) in [6.07, 6.45) is 0.320. The molecule has 0 saturated carbocycles. The van der Waals surface area contributed by atoms with Crippen molar-refractivity contribution in [3.63, 3.8) is 0 Å². The third-order valence-electron chi connectivity index (χ3n) is 6.54. The molecule has 1 aromatic heterocycles. The summed E-state index contributed by atoms with van der Waals surface area (Å²) in [5.74, 6) is 0.847. The molecule has 2 N–H and O–H groups in total. The van der Waals surface area contributed by atoms with E-state index in [2.05, 4.69) is 0 Å². The molecule has 0 aliphatic rings. The van der Waals surface area contributed by atoms with Gasteiger partial charge in [0, 0.05) is 22.6 Å². The van der Waals surface area contributed by atoms with Gasteiger partial charge in [-0.15, -0.1) is 0 Å². The molecule has 40 heavy (non-hydrogen) atoms. The molecular formula is C31H33ClN2O6. The van der Waals surface area contributed by atoms with E-state index in [1.807, 2.05) is 67.6 Å². The summed E-state index contributed by atoms with van der Waals surface area (Å²) in [6, 6.07) is 20.6. The summed E-state index contributed by atoms with van der Waals surface area (Å²) in [6.45, 7) is 2.46. The zero-order valence-electron chi connectivity index (χ0n) is 22.8. The molecule has 4 rings (SSSR count). The number of nitrogens with zero attached hydrogens (tertiary/aromatic N) is 2. The number of aliphatic carboxylic acids is 1. The lowest BCUT2D eigenvalue weighted by Gasteiger charge is -2.15. The van der Waals surface area contributed by atoms with Crippen molar-refractivity contribution in [2.75, 3.05) is 14.2 Å². The summed E-state index contributed by atoms with van der Waals surface area (Å²) in [5, 5.41) is 25.3. The van der Waals surface area contributed by atoms with E-state index in [1.54, 1.807) is 25.0 Å². The van der Waals surface area contributed by atoms with E-state index in [1.165, 1.54) is 0 Å². The Balaban J connectivity index is 1.82. The van der Waals surface area contributed by atoms with Gasteiger partial charge in [-0.25, -0.2) is 0 Å². The van der Waals surface area contributed by atoms with Crippen molar-refractivity contribution in [2.45, 2.75) is 45.4 Å². The number of carboxylic acids is 1. The first-order chi connectivity index (χ1) is 19.3. The van der Waals surface area contributed by atoms with Crippen molar-refractivity contribution in [3.05, 3.63) is 82.9 Å². The van der Waals surface area contributed by atoms with Crippen LogP contribution in [0.15, 0.2) is 66.7 Å². The van der Waals surface area contributed by atoms with Crippen molar-refractivity contribution >= 4 is 17.6 Å². The highest BCUT2D eigenvalue weighted by molar-refractivity contribution is 6.30. The van der Waals surface area contributed by atoms with Gasteiger partial charge in [-0.2, -0.15) is 5.10 Å². The van der Waals surface area contributed by atoms with Gasteiger partial charge in [-0.3, -0.25) is 9.48 Å². The molecule has 1 heterocycles. The molecule has 0 saturated heterocycles. The number of aliphatic hydroxyl groups is 1. The molecular weight excluding hydrogens is 532 g/mol. The summed E-state index contributed by atoms with van der Waals surface area (Å²) in [5.41, 5.74) is 4.56. The smallest absolute Gasteiger partial charge is 0.303 e. The Kier molecular flexibility index (Phi) is 9.69. The van der Waals surface area contributed by atoms with Gasteiger partial charge in [-0.1, -0.05) is 42.8 Å². The van der Waals surface area contributed by atoms with Crippen LogP contribution < -0.4 is 14.2 Å². The average molecular weight is 565 g/mol. The second-order valence-corrected chi connectivity index (χ2v) is 9.78. The van der Waals surface area contributed by atoms with E-state index in [4.69, 9.17) is 30.9 Å². The highest BCUT2D eigenvalue weighted by Crippen LogP contribution is 2.40. The van der Waals surface area contributed by atoms with Gasteiger partial charge in [-0.05, 0) is 66.4 Å². The average Bonchev–Trinajstić information content (AvgIpc) is 3.37. The van der Waals surface area contributed by atoms with E-state index < -0.39 is 12.1 Å². The molecule has 0 bridgehead atoms. The Labute approximate surface area is 238 Å². The van der Waals surface area contributed by atoms with Crippen LogP contribution in [0.4, 0.5) is 0 Å². The molecule has 0 spiro atoms. The van der Waals surface area contributed by atoms with Crippen LogP contribution >= 0.6 is 11.6 Å². The van der Waals surface area contributed by atoms with Crippen LogP contribution in [-0.4, -0.2) is 46.3 Å². The van der Waals surface area contributed by atoms with Gasteiger partial charge in [0.15, 0.2) is 11.5 Å². The lowest BCUT2D eigenvalue weighted by atomic mass is 10.0. The number of halogens is 1. The molecule has 0 fully saturated rings. The number of aryl methyl sites for hydroxylation is 1. The van der Waals surface area contributed by atoms with Gasteiger partial charge in [0.1, 0.15) is 12.4 Å². The molecule has 3 aromatic carbocycles. The SMILES string of the molecule is CC[C@H](O)Cn1nc(-c2cc(CCC(=O)O)ccc2OCc2cccc(Cl)c2)cc1-c1cccc(OC)c1OC. The number of hydrogen-bond acceptors (Lipinski definition) is 6. The lowest BCUT2D eigenvalue weighted by Crippen LogP contribution is -2.16. The number of ether oxygens (including phenoxy) is 3. The fourth-order valence-electron chi connectivity index (χ4n) is 4.42. The van der Waals surface area contributed by atoms with E-state index in [0.717, 1.165) is 22.4 Å². The van der Waals surface area contributed by atoms with Crippen LogP contribution in [0.3, 0.4) is 0 Å². The number of rotatable bonds is 13. The third kappa shape index (κ3) is 6.94. The molecule has 8 nitrogen and oxygen atoms in total. The normalized spacial score (nSPS) is 11.7. The number of para-hydroxylation sites is 1. The standard InChI is InChI=1S/C31H33ClN2O6/c1-4-23(35)18-34-27(24-9-6-10-29(38-2)31(24)39-3)17-26(33-34)25-16-20(12-14-30(36)37)11-13-28(25)40-19-21-7-5-8-22(32)15-21/h5-11,13,15-17,23,35H,4,12,14,18-19H2,1-3H3,(H,36,37)/t23-/m0/s1. The van der Waals surface area contributed by atoms with Gasteiger partial charge >= 0.3 is 5.97 Å². The quantitative estimate of drug-likeness (QED) is 0.198. The van der Waals surface area contributed by atoms with Crippen molar-refractivity contribution in [3.8, 4) is 39.8 Å². The number of carbonyl (C=O) groups is 1. The molecule has 210 valence electrons. The minimum absolute atomic E-state index is 0.00551. The maximum absolute atomic E-state index is 11.2. The van der Waals surface area contributed by atoms with Gasteiger partial charge in [0.2, 0.25) is 0 Å². The highest BCUT2D eigenvalue weighted by atomic mass is 35.5. The second kappa shape index (κ2) is 13.4. The van der Waals surface area contributed by atoms with Gasteiger partial charge in [0.05, 0.1) is 38.3 Å². The predicted octanol–water partition coefficient (Wildman–Crippen LogP) is 6.25. The van der Waals surface area contributed by atoms with Crippen molar-refractivity contribution in [1.29, 1.82) is 0 Å². The molecule has 0 amide bonds. The van der Waals surface area contributed by atoms with Crippen molar-refractivity contribution in [1.82, 2.24) is 9.78 Å². The van der Waals surface area contributed by atoms with Crippen molar-refractivity contribution in [2.24, 2.45) is 0 Å². The molecule has 4 aromatic rings. The minimum atomic E-state index is -0.868. The molecule has 0 unspecified atom stereocenters. The van der Waals surface area contributed by atoms with E-state index in [0.29, 0.717) is 46.4 Å². The number of aliphatic hydroxyl groups excluding tert-OH is 1. The minimum Gasteiger partial charge on any atom is -0.493 e. The molecule has 1 atom stereocenters. The van der Waals surface area contributed by atoms with Crippen LogP contribution in [0.25, 0.3) is 22.5 Å². The number of aromatic nitrogens is 2. The maximum Gasteiger partial charge on any atom is 0.303 e. The van der Waals surface area contributed by atoms with Crippen LogP contribution in [0, 0.1) is 0 Å². The molecule has 0 aliphatic heterocycles. The molecule has 9 heteroatoms. The van der Waals surface area contributed by atoms with Crippen LogP contribution in [0.2, 0.25) is 5.02 Å². The summed E-state index contributed by atoms with van der Waals surface area (Å²) in [4.78, 5) is 11.2. The number of carboxylic acid groups (broad SMARTS) is 1. The maximum atomic E-state index is 11.2. The van der Waals surface area contributed by atoms with E-state index >= 15 is 0 Å². The molecule has 0 aliphatic carbocycles.